The Labute approximate surface area is 120 Å². The van der Waals surface area contributed by atoms with E-state index in [2.05, 4.69) is 27.4 Å². The maximum Gasteiger partial charge on any atom is 0.255 e. The minimum atomic E-state index is -0.0372. The predicted molar refractivity (Wildman–Crippen MR) is 81.1 cm³/mol. The number of pyridine rings is 1. The third-order valence-corrected chi connectivity index (χ3v) is 3.84. The van der Waals surface area contributed by atoms with Gasteiger partial charge in [-0.05, 0) is 38.9 Å². The molecule has 2 N–H and O–H groups in total. The monoisotopic (exact) mass is 276 g/mol. The van der Waals surface area contributed by atoms with Crippen LogP contribution in [0.3, 0.4) is 0 Å². The summed E-state index contributed by atoms with van der Waals surface area (Å²) in [5.74, 6) is -0.0372. The number of likely N-dealkylation sites (tertiary alicyclic amines) is 1. The van der Waals surface area contributed by atoms with E-state index < -0.39 is 0 Å². The third kappa shape index (κ3) is 3.48. The van der Waals surface area contributed by atoms with Gasteiger partial charge in [-0.1, -0.05) is 6.92 Å². The Kier molecular flexibility index (Phi) is 4.95. The number of aromatic nitrogens is 1. The zero-order chi connectivity index (χ0) is 14.5. The Balaban J connectivity index is 2.04. The molecule has 0 spiro atoms. The first-order valence-electron chi connectivity index (χ1n) is 7.31. The van der Waals surface area contributed by atoms with E-state index in [0.717, 1.165) is 43.9 Å². The Bertz CT molecular complexity index is 475. The maximum absolute atomic E-state index is 12.4. The summed E-state index contributed by atoms with van der Waals surface area (Å²) >= 11 is 0. The molecule has 1 unspecified atom stereocenters. The molecule has 0 aliphatic carbocycles. The van der Waals surface area contributed by atoms with Crippen LogP contribution in [0.1, 0.15) is 35.8 Å². The largest absolute Gasteiger partial charge is 0.387 e. The van der Waals surface area contributed by atoms with Crippen LogP contribution in [0, 0.1) is 6.92 Å². The van der Waals surface area contributed by atoms with Gasteiger partial charge in [-0.2, -0.15) is 0 Å². The third-order valence-electron chi connectivity index (χ3n) is 3.84. The van der Waals surface area contributed by atoms with Gasteiger partial charge >= 0.3 is 0 Å². The van der Waals surface area contributed by atoms with Crippen molar-refractivity contribution in [1.82, 2.24) is 15.2 Å². The maximum atomic E-state index is 12.4. The molecule has 1 aliphatic rings. The molecule has 20 heavy (non-hydrogen) atoms. The lowest BCUT2D eigenvalue weighted by atomic mass is 10.0. The number of carbonyl (C=O) groups excluding carboxylic acids is 1. The number of carbonyl (C=O) groups is 1. The summed E-state index contributed by atoms with van der Waals surface area (Å²) in [5, 5.41) is 6.20. The molecule has 1 aromatic rings. The van der Waals surface area contributed by atoms with E-state index in [1.165, 1.54) is 0 Å². The topological polar surface area (TPSA) is 57.3 Å². The molecule has 1 atom stereocenters. The van der Waals surface area contributed by atoms with Crippen molar-refractivity contribution in [1.29, 1.82) is 0 Å². The molecule has 0 radical (unpaired) electrons. The molecule has 0 aromatic carbocycles. The van der Waals surface area contributed by atoms with Crippen LogP contribution in [0.15, 0.2) is 12.3 Å². The van der Waals surface area contributed by atoms with Crippen molar-refractivity contribution in [2.24, 2.45) is 0 Å². The average Bonchev–Trinajstić information content (AvgIpc) is 2.47. The van der Waals surface area contributed by atoms with Crippen LogP contribution in [0.25, 0.3) is 0 Å². The lowest BCUT2D eigenvalue weighted by Gasteiger charge is -2.32. The summed E-state index contributed by atoms with van der Waals surface area (Å²) in [5.41, 5.74) is 2.35. The van der Waals surface area contributed by atoms with Crippen molar-refractivity contribution in [3.05, 3.63) is 23.5 Å². The summed E-state index contributed by atoms with van der Waals surface area (Å²) in [4.78, 5) is 19.0. The van der Waals surface area contributed by atoms with E-state index in [1.54, 1.807) is 6.20 Å². The van der Waals surface area contributed by atoms with E-state index in [9.17, 15) is 4.79 Å². The Morgan fingerprint density at radius 2 is 2.35 bits per heavy atom. The highest BCUT2D eigenvalue weighted by Gasteiger charge is 2.22. The quantitative estimate of drug-likeness (QED) is 0.878. The smallest absolute Gasteiger partial charge is 0.255 e. The van der Waals surface area contributed by atoms with Crippen molar-refractivity contribution in [3.8, 4) is 0 Å². The molecule has 1 saturated heterocycles. The van der Waals surface area contributed by atoms with E-state index in [4.69, 9.17) is 0 Å². The van der Waals surface area contributed by atoms with Gasteiger partial charge in [0.05, 0.1) is 11.3 Å². The lowest BCUT2D eigenvalue weighted by Crippen LogP contribution is -2.47. The molecule has 1 fully saturated rings. The van der Waals surface area contributed by atoms with Crippen LogP contribution in [-0.2, 0) is 0 Å². The number of rotatable bonds is 4. The normalized spacial score (nSPS) is 19.6. The fraction of sp³-hybridized carbons (Fsp3) is 0.600. The summed E-state index contributed by atoms with van der Waals surface area (Å²) < 4.78 is 0. The Morgan fingerprint density at radius 1 is 1.55 bits per heavy atom. The zero-order valence-corrected chi connectivity index (χ0v) is 12.6. The average molecular weight is 276 g/mol. The molecule has 1 aromatic heterocycles. The van der Waals surface area contributed by atoms with Gasteiger partial charge in [-0.25, -0.2) is 0 Å². The van der Waals surface area contributed by atoms with E-state index >= 15 is 0 Å². The van der Waals surface area contributed by atoms with Gasteiger partial charge in [0, 0.05) is 31.5 Å². The first kappa shape index (κ1) is 14.8. The van der Waals surface area contributed by atoms with Gasteiger partial charge in [-0.15, -0.1) is 0 Å². The molecule has 5 nitrogen and oxygen atoms in total. The standard InChI is InChI=1S/C15H24N4O/c1-4-19-7-5-6-12(10-19)18-15(20)13-9-17-11(2)8-14(13)16-3/h8-9,12H,4-7,10H2,1-3H3,(H,16,17)(H,18,20). The van der Waals surface area contributed by atoms with Gasteiger partial charge in [0.2, 0.25) is 0 Å². The van der Waals surface area contributed by atoms with Crippen LogP contribution in [0.2, 0.25) is 0 Å². The number of hydrogen-bond acceptors (Lipinski definition) is 4. The summed E-state index contributed by atoms with van der Waals surface area (Å²) in [6.45, 7) is 7.20. The number of nitrogens with one attached hydrogen (secondary N) is 2. The number of nitrogens with zero attached hydrogens (tertiary/aromatic N) is 2. The lowest BCUT2D eigenvalue weighted by molar-refractivity contribution is 0.0906. The van der Waals surface area contributed by atoms with Crippen LogP contribution in [0.5, 0.6) is 0 Å². The number of anilines is 1. The Morgan fingerprint density at radius 3 is 3.05 bits per heavy atom. The summed E-state index contributed by atoms with van der Waals surface area (Å²) in [6, 6.07) is 2.14. The second kappa shape index (κ2) is 6.70. The highest BCUT2D eigenvalue weighted by atomic mass is 16.1. The van der Waals surface area contributed by atoms with Crippen LogP contribution in [0.4, 0.5) is 5.69 Å². The van der Waals surface area contributed by atoms with E-state index in [1.807, 2.05) is 20.0 Å². The number of hydrogen-bond donors (Lipinski definition) is 2. The van der Waals surface area contributed by atoms with Crippen molar-refractivity contribution in [2.45, 2.75) is 32.7 Å². The second-order valence-electron chi connectivity index (χ2n) is 5.33. The van der Waals surface area contributed by atoms with Crippen LogP contribution < -0.4 is 10.6 Å². The number of aryl methyl sites for hydroxylation is 1. The summed E-state index contributed by atoms with van der Waals surface area (Å²) in [7, 11) is 1.82. The molecule has 2 rings (SSSR count). The van der Waals surface area contributed by atoms with Crippen molar-refractivity contribution in [2.75, 3.05) is 32.0 Å². The molecule has 110 valence electrons. The molecule has 1 aliphatic heterocycles. The molecule has 0 saturated carbocycles. The van der Waals surface area contributed by atoms with Crippen molar-refractivity contribution in [3.63, 3.8) is 0 Å². The van der Waals surface area contributed by atoms with Crippen molar-refractivity contribution < 1.29 is 4.79 Å². The summed E-state index contributed by atoms with van der Waals surface area (Å²) in [6.07, 6.45) is 3.84. The zero-order valence-electron chi connectivity index (χ0n) is 12.6. The first-order chi connectivity index (χ1) is 9.63. The van der Waals surface area contributed by atoms with Gasteiger partial charge in [-0.3, -0.25) is 9.78 Å². The minimum Gasteiger partial charge on any atom is -0.387 e. The van der Waals surface area contributed by atoms with Gasteiger partial charge in [0.15, 0.2) is 0 Å². The fourth-order valence-corrected chi connectivity index (χ4v) is 2.67. The molecular formula is C15H24N4O. The SMILES string of the molecule is CCN1CCCC(NC(=O)c2cnc(C)cc2NC)C1. The molecule has 2 heterocycles. The molecular weight excluding hydrogens is 252 g/mol. The first-order valence-corrected chi connectivity index (χ1v) is 7.31. The van der Waals surface area contributed by atoms with Gasteiger partial charge in [0.25, 0.3) is 5.91 Å². The second-order valence-corrected chi connectivity index (χ2v) is 5.33. The number of piperidine rings is 1. The van der Waals surface area contributed by atoms with E-state index in [-0.39, 0.29) is 11.9 Å². The number of amides is 1. The van der Waals surface area contributed by atoms with E-state index in [0.29, 0.717) is 5.56 Å². The van der Waals surface area contributed by atoms with Gasteiger partial charge in [0.1, 0.15) is 0 Å². The molecule has 1 amide bonds. The van der Waals surface area contributed by atoms with Crippen LogP contribution >= 0.6 is 0 Å². The van der Waals surface area contributed by atoms with Crippen LogP contribution in [-0.4, -0.2) is 48.5 Å². The van der Waals surface area contributed by atoms with Gasteiger partial charge < -0.3 is 15.5 Å². The van der Waals surface area contributed by atoms with Crippen molar-refractivity contribution >= 4 is 11.6 Å². The fourth-order valence-electron chi connectivity index (χ4n) is 2.67. The molecule has 0 bridgehead atoms. The highest BCUT2D eigenvalue weighted by molar-refractivity contribution is 5.99. The number of likely N-dealkylation sites (N-methyl/N-ethyl adjacent to an activating group) is 1. The Hall–Kier alpha value is -1.62. The molecule has 5 heteroatoms. The predicted octanol–water partition coefficient (Wildman–Crippen LogP) is 1.65. The highest BCUT2D eigenvalue weighted by Crippen LogP contribution is 2.16. The minimum absolute atomic E-state index is 0.0372.